The first-order chi connectivity index (χ1) is 7.15. The Hall–Kier alpha value is -0.940. The molecule has 1 atom stereocenters. The van der Waals surface area contributed by atoms with E-state index < -0.39 is 0 Å². The highest BCUT2D eigenvalue weighted by Gasteiger charge is 2.24. The number of halogens is 1. The van der Waals surface area contributed by atoms with E-state index in [0.29, 0.717) is 21.5 Å². The average Bonchev–Trinajstić information content (AvgIpc) is 2.70. The van der Waals surface area contributed by atoms with Gasteiger partial charge in [-0.3, -0.25) is 0 Å². The third-order valence-electron chi connectivity index (χ3n) is 2.41. The molecule has 4 nitrogen and oxygen atoms in total. The van der Waals surface area contributed by atoms with Crippen LogP contribution in [-0.4, -0.2) is 23.6 Å². The molecule has 1 unspecified atom stereocenters. The average molecular weight is 275 g/mol. The van der Waals surface area contributed by atoms with Gasteiger partial charge in [0.1, 0.15) is 10.2 Å². The molecule has 0 saturated carbocycles. The van der Waals surface area contributed by atoms with Gasteiger partial charge in [-0.2, -0.15) is 0 Å². The first-order valence-corrected chi connectivity index (χ1v) is 5.36. The number of aromatic hydroxyl groups is 1. The Morgan fingerprint density at radius 2 is 2.27 bits per heavy atom. The quantitative estimate of drug-likeness (QED) is 0.866. The fraction of sp³-hybridized carbons (Fsp3) is 0.400. The number of rotatable bonds is 2. The standard InChI is InChI=1S/C10H11BrO4/c1-5(3-12)6-2-7-10(15-4-14-7)8(11)9(6)13/h2,5,12-13H,3-4H2,1H3. The Morgan fingerprint density at radius 1 is 1.53 bits per heavy atom. The van der Waals surface area contributed by atoms with Crippen LogP contribution in [0.25, 0.3) is 0 Å². The van der Waals surface area contributed by atoms with Crippen molar-refractivity contribution in [2.45, 2.75) is 12.8 Å². The maximum absolute atomic E-state index is 9.87. The van der Waals surface area contributed by atoms with Crippen molar-refractivity contribution in [1.29, 1.82) is 0 Å². The van der Waals surface area contributed by atoms with E-state index in [1.54, 1.807) is 6.07 Å². The summed E-state index contributed by atoms with van der Waals surface area (Å²) in [6, 6.07) is 1.70. The summed E-state index contributed by atoms with van der Waals surface area (Å²) in [4.78, 5) is 0. The van der Waals surface area contributed by atoms with Gasteiger partial charge in [-0.25, -0.2) is 0 Å². The largest absolute Gasteiger partial charge is 0.506 e. The van der Waals surface area contributed by atoms with Crippen LogP contribution in [-0.2, 0) is 0 Å². The van der Waals surface area contributed by atoms with E-state index in [4.69, 9.17) is 14.6 Å². The van der Waals surface area contributed by atoms with Crippen LogP contribution in [0.4, 0.5) is 0 Å². The van der Waals surface area contributed by atoms with Crippen molar-refractivity contribution in [1.82, 2.24) is 0 Å². The maximum Gasteiger partial charge on any atom is 0.231 e. The van der Waals surface area contributed by atoms with Crippen molar-refractivity contribution in [3.05, 3.63) is 16.1 Å². The number of ether oxygens (including phenoxy) is 2. The van der Waals surface area contributed by atoms with Crippen molar-refractivity contribution in [2.75, 3.05) is 13.4 Å². The third kappa shape index (κ3) is 1.66. The van der Waals surface area contributed by atoms with Gasteiger partial charge in [-0.05, 0) is 22.0 Å². The first kappa shape index (κ1) is 10.6. The Bertz CT molecular complexity index is 391. The normalized spacial score (nSPS) is 15.4. The van der Waals surface area contributed by atoms with Crippen LogP contribution in [0.2, 0.25) is 0 Å². The van der Waals surface area contributed by atoms with Gasteiger partial charge in [-0.1, -0.05) is 6.92 Å². The fourth-order valence-electron chi connectivity index (χ4n) is 1.49. The molecule has 1 aromatic carbocycles. The zero-order valence-corrected chi connectivity index (χ0v) is 9.74. The summed E-state index contributed by atoms with van der Waals surface area (Å²) < 4.78 is 10.9. The number of benzene rings is 1. The van der Waals surface area contributed by atoms with Crippen molar-refractivity contribution in [2.24, 2.45) is 0 Å². The summed E-state index contributed by atoms with van der Waals surface area (Å²) in [7, 11) is 0. The molecule has 0 amide bonds. The summed E-state index contributed by atoms with van der Waals surface area (Å²) in [6.45, 7) is 1.95. The number of aliphatic hydroxyl groups is 1. The molecule has 2 rings (SSSR count). The summed E-state index contributed by atoms with van der Waals surface area (Å²) in [5.74, 6) is 1.06. The van der Waals surface area contributed by atoms with E-state index in [9.17, 15) is 5.11 Å². The molecule has 0 aromatic heterocycles. The highest BCUT2D eigenvalue weighted by atomic mass is 79.9. The minimum atomic E-state index is -0.143. The van der Waals surface area contributed by atoms with Gasteiger partial charge in [0, 0.05) is 18.1 Å². The zero-order valence-electron chi connectivity index (χ0n) is 8.16. The molecule has 0 bridgehead atoms. The Morgan fingerprint density at radius 3 is 2.93 bits per heavy atom. The third-order valence-corrected chi connectivity index (χ3v) is 3.15. The molecule has 0 fully saturated rings. The van der Waals surface area contributed by atoms with E-state index in [-0.39, 0.29) is 25.1 Å². The molecule has 0 aliphatic carbocycles. The van der Waals surface area contributed by atoms with Crippen LogP contribution in [0.1, 0.15) is 18.4 Å². The number of phenolic OH excluding ortho intramolecular Hbond substituents is 1. The van der Waals surface area contributed by atoms with E-state index in [1.165, 1.54) is 0 Å². The highest BCUT2D eigenvalue weighted by molar-refractivity contribution is 9.10. The second kappa shape index (κ2) is 3.90. The predicted molar refractivity (Wildman–Crippen MR) is 57.4 cm³/mol. The molecule has 0 spiro atoms. The maximum atomic E-state index is 9.87. The summed E-state index contributed by atoms with van der Waals surface area (Å²) in [5, 5.41) is 18.9. The lowest BCUT2D eigenvalue weighted by Gasteiger charge is -2.13. The van der Waals surface area contributed by atoms with Gasteiger partial charge in [0.25, 0.3) is 0 Å². The monoisotopic (exact) mass is 274 g/mol. The predicted octanol–water partition coefficient (Wildman–Crippen LogP) is 1.98. The smallest absolute Gasteiger partial charge is 0.231 e. The van der Waals surface area contributed by atoms with Crippen LogP contribution in [0.3, 0.4) is 0 Å². The lowest BCUT2D eigenvalue weighted by molar-refractivity contribution is 0.173. The number of hydrogen-bond donors (Lipinski definition) is 2. The van der Waals surface area contributed by atoms with E-state index in [2.05, 4.69) is 15.9 Å². The number of aliphatic hydroxyl groups excluding tert-OH is 1. The summed E-state index contributed by atoms with van der Waals surface area (Å²) >= 11 is 3.24. The van der Waals surface area contributed by atoms with Gasteiger partial charge >= 0.3 is 0 Å². The van der Waals surface area contributed by atoms with E-state index >= 15 is 0 Å². The molecule has 5 heteroatoms. The fourth-order valence-corrected chi connectivity index (χ4v) is 2.02. The van der Waals surface area contributed by atoms with Gasteiger partial charge in [-0.15, -0.1) is 0 Å². The molecule has 15 heavy (non-hydrogen) atoms. The molecule has 2 N–H and O–H groups in total. The Kier molecular flexibility index (Phi) is 2.75. The minimum absolute atomic E-state index is 0.0281. The topological polar surface area (TPSA) is 58.9 Å². The molecular formula is C10H11BrO4. The van der Waals surface area contributed by atoms with Crippen LogP contribution in [0, 0.1) is 0 Å². The number of fused-ring (bicyclic) bond motifs is 1. The van der Waals surface area contributed by atoms with Gasteiger partial charge in [0.2, 0.25) is 6.79 Å². The summed E-state index contributed by atoms with van der Waals surface area (Å²) in [6.07, 6.45) is 0. The van der Waals surface area contributed by atoms with E-state index in [0.717, 1.165) is 0 Å². The van der Waals surface area contributed by atoms with Crippen molar-refractivity contribution in [3.8, 4) is 17.2 Å². The number of hydrogen-bond acceptors (Lipinski definition) is 4. The molecular weight excluding hydrogens is 264 g/mol. The van der Waals surface area contributed by atoms with Crippen molar-refractivity contribution in [3.63, 3.8) is 0 Å². The van der Waals surface area contributed by atoms with Gasteiger partial charge in [0.05, 0.1) is 0 Å². The van der Waals surface area contributed by atoms with Crippen LogP contribution in [0.5, 0.6) is 17.2 Å². The molecule has 1 aliphatic rings. The second-order valence-corrected chi connectivity index (χ2v) is 4.24. The highest BCUT2D eigenvalue weighted by Crippen LogP contribution is 2.47. The van der Waals surface area contributed by atoms with E-state index in [1.807, 2.05) is 6.92 Å². The SMILES string of the molecule is CC(CO)c1cc2c(c(Br)c1O)OCO2. The zero-order chi connectivity index (χ0) is 11.0. The van der Waals surface area contributed by atoms with Crippen molar-refractivity contribution >= 4 is 15.9 Å². The number of phenols is 1. The van der Waals surface area contributed by atoms with Gasteiger partial charge in [0.15, 0.2) is 11.5 Å². The van der Waals surface area contributed by atoms with Crippen molar-refractivity contribution < 1.29 is 19.7 Å². The minimum Gasteiger partial charge on any atom is -0.506 e. The molecule has 0 radical (unpaired) electrons. The molecule has 82 valence electrons. The van der Waals surface area contributed by atoms with Crippen LogP contribution in [0.15, 0.2) is 10.5 Å². The lowest BCUT2D eigenvalue weighted by atomic mass is 10.0. The first-order valence-electron chi connectivity index (χ1n) is 4.57. The second-order valence-electron chi connectivity index (χ2n) is 3.45. The Labute approximate surface area is 95.6 Å². The lowest BCUT2D eigenvalue weighted by Crippen LogP contribution is -1.99. The molecule has 1 heterocycles. The Balaban J connectivity index is 2.54. The summed E-state index contributed by atoms with van der Waals surface area (Å²) in [5.41, 5.74) is 0.647. The molecule has 1 aromatic rings. The van der Waals surface area contributed by atoms with Crippen LogP contribution < -0.4 is 9.47 Å². The molecule has 1 aliphatic heterocycles. The van der Waals surface area contributed by atoms with Gasteiger partial charge < -0.3 is 19.7 Å². The molecule has 0 saturated heterocycles. The van der Waals surface area contributed by atoms with Crippen LogP contribution >= 0.6 is 15.9 Å².